The molecule has 2 aromatic rings. The van der Waals surface area contributed by atoms with E-state index >= 15 is 0 Å². The van der Waals surface area contributed by atoms with E-state index in [0.29, 0.717) is 17.2 Å². The third kappa shape index (κ3) is 4.09. The van der Waals surface area contributed by atoms with Crippen LogP contribution in [0.2, 0.25) is 0 Å². The second kappa shape index (κ2) is 8.57. The summed E-state index contributed by atoms with van der Waals surface area (Å²) in [6, 6.07) is 7.52. The zero-order chi connectivity index (χ0) is 15.2. The fraction of sp³-hybridized carbons (Fsp3) is 0.250. The van der Waals surface area contributed by atoms with Crippen LogP contribution >= 0.6 is 0 Å². The molecule has 0 bridgehead atoms. The Hall–Kier alpha value is -1.83. The van der Waals surface area contributed by atoms with E-state index in [9.17, 15) is 0 Å². The molecule has 0 aliphatic heterocycles. The van der Waals surface area contributed by atoms with Gasteiger partial charge in [-0.15, -0.1) is 0 Å². The fourth-order valence-electron chi connectivity index (χ4n) is 1.98. The number of benzene rings is 1. The van der Waals surface area contributed by atoms with Crippen LogP contribution in [0.15, 0.2) is 30.5 Å². The molecule has 118 valence electrons. The van der Waals surface area contributed by atoms with E-state index in [0.717, 1.165) is 11.3 Å². The Bertz CT molecular complexity index is 635. The van der Waals surface area contributed by atoms with Gasteiger partial charge in [0.1, 0.15) is 17.2 Å². The zero-order valence-electron chi connectivity index (χ0n) is 13.0. The summed E-state index contributed by atoms with van der Waals surface area (Å²) in [5.74, 6) is 2.07. The topological polar surface area (TPSA) is 44.5 Å². The molecule has 0 unspecified atom stereocenters. The highest BCUT2D eigenvalue weighted by Gasteiger charge is 2.11. The number of hydrogen-bond acceptors (Lipinski definition) is 4. The van der Waals surface area contributed by atoms with Crippen LogP contribution < -0.4 is 42.9 Å². The van der Waals surface area contributed by atoms with Crippen molar-refractivity contribution in [3.05, 3.63) is 41.7 Å². The van der Waals surface area contributed by atoms with Crippen LogP contribution in [0.25, 0.3) is 12.2 Å². The van der Waals surface area contributed by atoms with Crippen molar-refractivity contribution in [2.75, 3.05) is 21.3 Å². The smallest absolute Gasteiger partial charge is 0.231 e. The summed E-state index contributed by atoms with van der Waals surface area (Å²) < 4.78 is 17.9. The molecule has 0 atom stereocenters. The quantitative estimate of drug-likeness (QED) is 0.471. The zero-order valence-corrected chi connectivity index (χ0v) is 15.2. The van der Waals surface area contributed by atoms with Crippen LogP contribution in [-0.4, -0.2) is 26.4 Å². The molecule has 0 fully saturated rings. The SMILES string of the molecule is COc1cc(OC)c(/C=C/c2cccn[n+]2C)c(OC)c1.[I-]. The van der Waals surface area contributed by atoms with Gasteiger partial charge in [0.15, 0.2) is 7.05 Å². The molecule has 1 aromatic heterocycles. The van der Waals surface area contributed by atoms with Crippen molar-refractivity contribution in [3.63, 3.8) is 0 Å². The largest absolute Gasteiger partial charge is 1.00 e. The third-order valence-electron chi connectivity index (χ3n) is 3.14. The average molecular weight is 414 g/mol. The molecule has 6 heteroatoms. The van der Waals surface area contributed by atoms with Gasteiger partial charge in [0, 0.05) is 24.3 Å². The average Bonchev–Trinajstić information content (AvgIpc) is 2.53. The summed E-state index contributed by atoms with van der Waals surface area (Å²) in [5, 5.41) is 4.19. The van der Waals surface area contributed by atoms with Gasteiger partial charge in [0.2, 0.25) is 5.69 Å². The lowest BCUT2D eigenvalue weighted by Crippen LogP contribution is -3.00. The highest BCUT2D eigenvalue weighted by molar-refractivity contribution is 5.75. The predicted molar refractivity (Wildman–Crippen MR) is 80.4 cm³/mol. The van der Waals surface area contributed by atoms with Crippen LogP contribution in [0.4, 0.5) is 0 Å². The van der Waals surface area contributed by atoms with Crippen molar-refractivity contribution in [3.8, 4) is 17.2 Å². The number of aromatic nitrogens is 2. The maximum absolute atomic E-state index is 5.42. The molecule has 0 N–H and O–H groups in total. The number of aryl methyl sites for hydroxylation is 1. The summed E-state index contributed by atoms with van der Waals surface area (Å²) in [5.41, 5.74) is 1.82. The molecule has 1 heterocycles. The van der Waals surface area contributed by atoms with Gasteiger partial charge in [-0.2, -0.15) is 0 Å². The van der Waals surface area contributed by atoms with Crippen LogP contribution in [-0.2, 0) is 7.05 Å². The first-order chi connectivity index (χ1) is 10.2. The van der Waals surface area contributed by atoms with Gasteiger partial charge in [-0.05, 0) is 17.2 Å². The van der Waals surface area contributed by atoms with E-state index in [1.54, 1.807) is 32.2 Å². The lowest BCUT2D eigenvalue weighted by Gasteiger charge is -2.12. The number of hydrogen-bond donors (Lipinski definition) is 0. The first kappa shape index (κ1) is 18.2. The molecule has 0 aliphatic rings. The van der Waals surface area contributed by atoms with Gasteiger partial charge in [0.25, 0.3) is 0 Å². The van der Waals surface area contributed by atoms with Gasteiger partial charge in [0.05, 0.1) is 33.1 Å². The molecule has 0 amide bonds. The Labute approximate surface area is 147 Å². The number of nitrogens with zero attached hydrogens (tertiary/aromatic N) is 2. The fourth-order valence-corrected chi connectivity index (χ4v) is 1.98. The lowest BCUT2D eigenvalue weighted by molar-refractivity contribution is -0.732. The minimum absolute atomic E-state index is 0. The van der Waals surface area contributed by atoms with Gasteiger partial charge in [-0.25, -0.2) is 0 Å². The van der Waals surface area contributed by atoms with Crippen molar-refractivity contribution in [1.82, 2.24) is 5.10 Å². The first-order valence-corrected chi connectivity index (χ1v) is 6.49. The van der Waals surface area contributed by atoms with Gasteiger partial charge < -0.3 is 38.2 Å². The van der Waals surface area contributed by atoms with Crippen molar-refractivity contribution in [2.45, 2.75) is 0 Å². The Morgan fingerprint density at radius 3 is 2.14 bits per heavy atom. The minimum Gasteiger partial charge on any atom is -1.00 e. The number of ether oxygens (including phenoxy) is 3. The maximum atomic E-state index is 5.42. The third-order valence-corrected chi connectivity index (χ3v) is 3.14. The van der Waals surface area contributed by atoms with E-state index < -0.39 is 0 Å². The second-order valence-electron chi connectivity index (χ2n) is 4.35. The summed E-state index contributed by atoms with van der Waals surface area (Å²) in [7, 11) is 6.74. The lowest BCUT2D eigenvalue weighted by atomic mass is 10.1. The number of halogens is 1. The van der Waals surface area contributed by atoms with Crippen molar-refractivity contribution in [2.24, 2.45) is 7.05 Å². The summed E-state index contributed by atoms with van der Waals surface area (Å²) in [6.07, 6.45) is 5.64. The Morgan fingerprint density at radius 1 is 1.00 bits per heavy atom. The summed E-state index contributed by atoms with van der Waals surface area (Å²) in [4.78, 5) is 0. The molecule has 0 radical (unpaired) electrons. The van der Waals surface area contributed by atoms with Crippen molar-refractivity contribution in [1.29, 1.82) is 0 Å². The van der Waals surface area contributed by atoms with Crippen LogP contribution in [0.1, 0.15) is 11.3 Å². The maximum Gasteiger partial charge on any atom is 0.231 e. The second-order valence-corrected chi connectivity index (χ2v) is 4.35. The monoisotopic (exact) mass is 414 g/mol. The summed E-state index contributed by atoms with van der Waals surface area (Å²) in [6.45, 7) is 0. The van der Waals surface area contributed by atoms with E-state index in [2.05, 4.69) is 5.10 Å². The van der Waals surface area contributed by atoms with E-state index in [1.807, 2.05) is 43.5 Å². The molecule has 0 aliphatic carbocycles. The van der Waals surface area contributed by atoms with Crippen LogP contribution in [0, 0.1) is 0 Å². The number of methoxy groups -OCH3 is 3. The highest BCUT2D eigenvalue weighted by Crippen LogP contribution is 2.35. The van der Waals surface area contributed by atoms with Crippen molar-refractivity contribution < 1.29 is 42.9 Å². The molecule has 0 spiro atoms. The molecule has 5 nitrogen and oxygen atoms in total. The highest BCUT2D eigenvalue weighted by atomic mass is 127. The standard InChI is InChI=1S/C16H19N2O3.HI/c1-18-12(6-5-9-17-18)7-8-14-15(20-3)10-13(19-2)11-16(14)21-4;/h5-11H,1-4H3;1H/q+1;/p-1/b8-7+;. The molecule has 1 aromatic carbocycles. The van der Waals surface area contributed by atoms with Gasteiger partial charge in [-0.1, -0.05) is 4.68 Å². The minimum atomic E-state index is 0. The van der Waals surface area contributed by atoms with Crippen molar-refractivity contribution >= 4 is 12.2 Å². The Balaban J connectivity index is 0.00000242. The normalized spacial score (nSPS) is 10.2. The van der Waals surface area contributed by atoms with Crippen LogP contribution in [0.5, 0.6) is 17.2 Å². The van der Waals surface area contributed by atoms with E-state index in [-0.39, 0.29) is 24.0 Å². The molecular formula is C16H19IN2O3. The van der Waals surface area contributed by atoms with E-state index in [1.165, 1.54) is 0 Å². The first-order valence-electron chi connectivity index (χ1n) is 6.49. The predicted octanol–water partition coefficient (Wildman–Crippen LogP) is -0.894. The van der Waals surface area contributed by atoms with Crippen LogP contribution in [0.3, 0.4) is 0 Å². The molecule has 2 rings (SSSR count). The summed E-state index contributed by atoms with van der Waals surface area (Å²) >= 11 is 0. The molecule has 22 heavy (non-hydrogen) atoms. The molecule has 0 saturated carbocycles. The molecule has 0 saturated heterocycles. The Morgan fingerprint density at radius 2 is 1.64 bits per heavy atom. The van der Waals surface area contributed by atoms with Gasteiger partial charge >= 0.3 is 0 Å². The Kier molecular flexibility index (Phi) is 7.10. The number of rotatable bonds is 5. The van der Waals surface area contributed by atoms with Gasteiger partial charge in [-0.3, -0.25) is 0 Å². The van der Waals surface area contributed by atoms with E-state index in [4.69, 9.17) is 14.2 Å². The molecular weight excluding hydrogens is 395 g/mol.